The van der Waals surface area contributed by atoms with E-state index in [4.69, 9.17) is 18.9 Å². The van der Waals surface area contributed by atoms with Gasteiger partial charge < -0.3 is 24.1 Å². The number of carbonyl (C=O) groups is 3. The second-order valence-corrected chi connectivity index (χ2v) is 11.6. The van der Waals surface area contributed by atoms with Gasteiger partial charge in [0.05, 0.1) is 5.60 Å². The zero-order valence-corrected chi connectivity index (χ0v) is 21.7. The van der Waals surface area contributed by atoms with Crippen molar-refractivity contribution >= 4 is 17.9 Å². The van der Waals surface area contributed by atoms with Crippen molar-refractivity contribution in [3.05, 3.63) is 12.7 Å². The summed E-state index contributed by atoms with van der Waals surface area (Å²) in [6.45, 7) is 17.7. The van der Waals surface area contributed by atoms with Crippen molar-refractivity contribution in [1.29, 1.82) is 0 Å². The molecule has 2 saturated carbocycles. The van der Waals surface area contributed by atoms with Crippen molar-refractivity contribution in [3.8, 4) is 0 Å². The fourth-order valence-corrected chi connectivity index (χ4v) is 7.63. The molecule has 0 aromatic carbocycles. The molecule has 1 N–H and O–H groups in total. The maximum absolute atomic E-state index is 12.2. The van der Waals surface area contributed by atoms with E-state index >= 15 is 0 Å². The van der Waals surface area contributed by atoms with Crippen molar-refractivity contribution in [3.63, 3.8) is 0 Å². The summed E-state index contributed by atoms with van der Waals surface area (Å²) in [4.78, 5) is 36.6. The van der Waals surface area contributed by atoms with Gasteiger partial charge in [-0.25, -0.2) is 0 Å². The smallest absolute Gasteiger partial charge is 0.303 e. The molecule has 1 heterocycles. The first kappa shape index (κ1) is 26.7. The third-order valence-corrected chi connectivity index (χ3v) is 8.56. The van der Waals surface area contributed by atoms with Crippen molar-refractivity contribution < 1.29 is 38.4 Å². The Bertz CT molecular complexity index is 867. The first-order chi connectivity index (χ1) is 15.5. The summed E-state index contributed by atoms with van der Waals surface area (Å²) in [5.41, 5.74) is -3.42. The molecule has 192 valence electrons. The van der Waals surface area contributed by atoms with E-state index in [0.29, 0.717) is 19.3 Å². The molecular formula is C26H40O8. The fourth-order valence-electron chi connectivity index (χ4n) is 7.63. The van der Waals surface area contributed by atoms with E-state index < -0.39 is 70.8 Å². The van der Waals surface area contributed by atoms with E-state index in [1.807, 2.05) is 13.8 Å². The molecule has 8 heteroatoms. The summed E-state index contributed by atoms with van der Waals surface area (Å²) in [7, 11) is 0. The number of aliphatic hydroxyl groups excluding tert-OH is 1. The quantitative estimate of drug-likeness (QED) is 0.371. The number of ether oxygens (including phenoxy) is 4. The van der Waals surface area contributed by atoms with Gasteiger partial charge in [0.25, 0.3) is 0 Å². The molecule has 3 aliphatic rings. The van der Waals surface area contributed by atoms with Crippen LogP contribution in [0.3, 0.4) is 0 Å². The van der Waals surface area contributed by atoms with E-state index in [2.05, 4.69) is 20.4 Å². The average Bonchev–Trinajstić information content (AvgIpc) is 2.66. The predicted molar refractivity (Wildman–Crippen MR) is 123 cm³/mol. The summed E-state index contributed by atoms with van der Waals surface area (Å²) in [6.07, 6.45) is -0.0737. The van der Waals surface area contributed by atoms with Crippen LogP contribution in [0.1, 0.15) is 74.7 Å². The van der Waals surface area contributed by atoms with Crippen molar-refractivity contribution in [1.82, 2.24) is 0 Å². The van der Waals surface area contributed by atoms with E-state index in [9.17, 15) is 19.5 Å². The van der Waals surface area contributed by atoms with Crippen LogP contribution in [0.5, 0.6) is 0 Å². The minimum absolute atomic E-state index is 0.330. The summed E-state index contributed by atoms with van der Waals surface area (Å²) in [5, 5.41) is 11.8. The first-order valence-corrected chi connectivity index (χ1v) is 12.1. The number of fused-ring (bicyclic) bond motifs is 3. The molecule has 3 fully saturated rings. The molecule has 2 aliphatic carbocycles. The molecule has 0 aromatic heterocycles. The highest BCUT2D eigenvalue weighted by Gasteiger charge is 2.74. The van der Waals surface area contributed by atoms with Crippen molar-refractivity contribution in [2.75, 3.05) is 0 Å². The van der Waals surface area contributed by atoms with E-state index in [0.717, 1.165) is 0 Å². The summed E-state index contributed by atoms with van der Waals surface area (Å²) in [5.74, 6) is -2.33. The molecule has 34 heavy (non-hydrogen) atoms. The Hall–Kier alpha value is -1.93. The third-order valence-electron chi connectivity index (χ3n) is 8.56. The van der Waals surface area contributed by atoms with E-state index in [-0.39, 0.29) is 5.41 Å². The third kappa shape index (κ3) is 4.17. The van der Waals surface area contributed by atoms with Crippen LogP contribution < -0.4 is 0 Å². The topological polar surface area (TPSA) is 108 Å². The van der Waals surface area contributed by atoms with Crippen LogP contribution in [0.2, 0.25) is 0 Å². The molecule has 0 unspecified atom stereocenters. The molecule has 0 radical (unpaired) electrons. The second kappa shape index (κ2) is 8.63. The highest BCUT2D eigenvalue weighted by molar-refractivity contribution is 5.67. The van der Waals surface area contributed by atoms with Gasteiger partial charge in [0.2, 0.25) is 0 Å². The Balaban J connectivity index is 2.31. The molecule has 1 aliphatic heterocycles. The molecular weight excluding hydrogens is 440 g/mol. The van der Waals surface area contributed by atoms with Gasteiger partial charge in [0, 0.05) is 44.4 Å². The number of aliphatic hydroxyl groups is 1. The summed E-state index contributed by atoms with van der Waals surface area (Å²) >= 11 is 0. The standard InChI is InChI=1S/C26H40O8/c1-10-24(7)13-17(31-14(2)27)20-25(8)18(32-15(3)28)11-12-23(5,6)21(25)19(33-16(4)29)22(30)26(20,9)34-24/h10,17-22,30H,1,11-13H2,2-9H3/t17-,18-,19+,20+,21+,22+,24+,25-,26+/m1/s1. The van der Waals surface area contributed by atoms with Crippen LogP contribution in [0.4, 0.5) is 0 Å². The number of esters is 3. The molecule has 0 amide bonds. The van der Waals surface area contributed by atoms with Gasteiger partial charge in [-0.2, -0.15) is 0 Å². The molecule has 1 saturated heterocycles. The largest absolute Gasteiger partial charge is 0.462 e. The second-order valence-electron chi connectivity index (χ2n) is 11.6. The number of hydrogen-bond donors (Lipinski definition) is 1. The monoisotopic (exact) mass is 480 g/mol. The zero-order chi connectivity index (χ0) is 25.9. The minimum Gasteiger partial charge on any atom is -0.462 e. The lowest BCUT2D eigenvalue weighted by Gasteiger charge is -2.70. The molecule has 0 spiro atoms. The highest BCUT2D eigenvalue weighted by Crippen LogP contribution is 2.67. The average molecular weight is 481 g/mol. The number of rotatable bonds is 4. The van der Waals surface area contributed by atoms with Crippen LogP contribution in [-0.4, -0.2) is 58.6 Å². The van der Waals surface area contributed by atoms with Crippen LogP contribution >= 0.6 is 0 Å². The molecule has 8 nitrogen and oxygen atoms in total. The number of carbonyl (C=O) groups excluding carboxylic acids is 3. The predicted octanol–water partition coefficient (Wildman–Crippen LogP) is 3.34. The van der Waals surface area contributed by atoms with Crippen LogP contribution in [0.15, 0.2) is 12.7 Å². The SMILES string of the molecule is C=C[C@@]1(C)C[C@@H](OC(C)=O)[C@@H]2[C@](C)(O1)[C@@H](O)[C@@H](OC(C)=O)[C@H]1C(C)(C)CC[C@@H](OC(C)=O)[C@]21C. The maximum atomic E-state index is 12.2. The maximum Gasteiger partial charge on any atom is 0.303 e. The Morgan fingerprint density at radius 3 is 2.00 bits per heavy atom. The Morgan fingerprint density at radius 2 is 1.50 bits per heavy atom. The number of hydrogen-bond acceptors (Lipinski definition) is 8. The van der Waals surface area contributed by atoms with Crippen molar-refractivity contribution in [2.45, 2.75) is 110 Å². The fraction of sp³-hybridized carbons (Fsp3) is 0.808. The van der Waals surface area contributed by atoms with Gasteiger partial charge in [-0.05, 0) is 32.1 Å². The minimum atomic E-state index is -1.29. The summed E-state index contributed by atoms with van der Waals surface area (Å²) in [6, 6.07) is 0. The molecule has 0 aromatic rings. The lowest BCUT2D eigenvalue weighted by atomic mass is 9.41. The first-order valence-electron chi connectivity index (χ1n) is 12.1. The Labute approximate surface area is 202 Å². The van der Waals surface area contributed by atoms with Gasteiger partial charge in [-0.3, -0.25) is 14.4 Å². The normalized spacial score (nSPS) is 45.2. The van der Waals surface area contributed by atoms with Gasteiger partial charge in [-0.1, -0.05) is 26.8 Å². The van der Waals surface area contributed by atoms with Gasteiger partial charge in [0.1, 0.15) is 30.0 Å². The van der Waals surface area contributed by atoms with Gasteiger partial charge >= 0.3 is 17.9 Å². The van der Waals surface area contributed by atoms with Crippen molar-refractivity contribution in [2.24, 2.45) is 22.7 Å². The molecule has 0 bridgehead atoms. The lowest BCUT2D eigenvalue weighted by Crippen LogP contribution is -2.78. The Morgan fingerprint density at radius 1 is 0.941 bits per heavy atom. The summed E-state index contributed by atoms with van der Waals surface area (Å²) < 4.78 is 24.2. The van der Waals surface area contributed by atoms with Crippen LogP contribution in [0.25, 0.3) is 0 Å². The van der Waals surface area contributed by atoms with E-state index in [1.54, 1.807) is 13.0 Å². The van der Waals surface area contributed by atoms with Crippen LogP contribution in [-0.2, 0) is 33.3 Å². The van der Waals surface area contributed by atoms with Gasteiger partial charge in [-0.15, -0.1) is 6.58 Å². The lowest BCUT2D eigenvalue weighted by molar-refractivity contribution is -0.354. The molecule has 9 atom stereocenters. The van der Waals surface area contributed by atoms with Gasteiger partial charge in [0.15, 0.2) is 0 Å². The Kier molecular flexibility index (Phi) is 6.77. The zero-order valence-electron chi connectivity index (χ0n) is 21.7. The highest BCUT2D eigenvalue weighted by atomic mass is 16.6. The van der Waals surface area contributed by atoms with Crippen LogP contribution in [0, 0.1) is 22.7 Å². The van der Waals surface area contributed by atoms with E-state index in [1.165, 1.54) is 20.8 Å². The molecule has 3 rings (SSSR count).